The molecule has 0 saturated heterocycles. The van der Waals surface area contributed by atoms with Crippen LogP contribution in [0.15, 0.2) is 40.1 Å². The van der Waals surface area contributed by atoms with E-state index in [-0.39, 0.29) is 31.0 Å². The number of halogens is 3. The van der Waals surface area contributed by atoms with E-state index in [1.165, 1.54) is 13.2 Å². The molecule has 29 heavy (non-hydrogen) atoms. The van der Waals surface area contributed by atoms with Gasteiger partial charge >= 0.3 is 23.7 Å². The summed E-state index contributed by atoms with van der Waals surface area (Å²) in [4.78, 5) is 35.2. The number of unbranched alkanes of at least 4 members (excludes halogenated alkanes) is 1. The molecule has 0 amide bonds. The highest BCUT2D eigenvalue weighted by Gasteiger charge is 2.40. The quantitative estimate of drug-likeness (QED) is 0.283. The summed E-state index contributed by atoms with van der Waals surface area (Å²) in [5.74, 6) is -1.89. The molecule has 156 valence electrons. The first kappa shape index (κ1) is 22.0. The largest absolute Gasteiger partial charge is 0.497 e. The third-order valence-electron chi connectivity index (χ3n) is 3.79. The van der Waals surface area contributed by atoms with Crippen molar-refractivity contribution in [3.63, 3.8) is 0 Å². The molecule has 0 N–H and O–H groups in total. The van der Waals surface area contributed by atoms with Crippen LogP contribution in [0.3, 0.4) is 0 Å². The second kappa shape index (κ2) is 9.26. The second-order valence-corrected chi connectivity index (χ2v) is 5.71. The number of fused-ring (bicyclic) bond motifs is 1. The van der Waals surface area contributed by atoms with Crippen molar-refractivity contribution in [3.8, 4) is 5.75 Å². The molecule has 0 saturated carbocycles. The van der Waals surface area contributed by atoms with Gasteiger partial charge in [0.15, 0.2) is 5.56 Å². The van der Waals surface area contributed by atoms with Gasteiger partial charge in [-0.3, -0.25) is 0 Å². The van der Waals surface area contributed by atoms with Gasteiger partial charge in [-0.2, -0.15) is 13.2 Å². The number of alkyl halides is 3. The zero-order valence-electron chi connectivity index (χ0n) is 15.3. The number of carbonyl (C=O) groups excluding carboxylic acids is 2. The molecule has 0 atom stereocenters. The van der Waals surface area contributed by atoms with E-state index in [4.69, 9.17) is 18.6 Å². The molecule has 1 aromatic carbocycles. The third-order valence-corrected chi connectivity index (χ3v) is 3.79. The van der Waals surface area contributed by atoms with Gasteiger partial charge in [0, 0.05) is 17.5 Å². The van der Waals surface area contributed by atoms with Crippen molar-refractivity contribution >= 4 is 22.9 Å². The van der Waals surface area contributed by atoms with E-state index in [1.807, 2.05) is 0 Å². The second-order valence-electron chi connectivity index (χ2n) is 5.71. The monoisotopic (exact) mass is 414 g/mol. The average Bonchev–Trinajstić information content (AvgIpc) is 2.67. The number of methoxy groups -OCH3 is 1. The lowest BCUT2D eigenvalue weighted by atomic mass is 10.0. The van der Waals surface area contributed by atoms with Gasteiger partial charge in [0.2, 0.25) is 0 Å². The lowest BCUT2D eigenvalue weighted by Crippen LogP contribution is -2.24. The van der Waals surface area contributed by atoms with E-state index < -0.39 is 40.3 Å². The molecule has 1 heterocycles. The topological polar surface area (TPSA) is 92.0 Å². The molecule has 0 aliphatic carbocycles. The summed E-state index contributed by atoms with van der Waals surface area (Å²) in [6, 6.07) is 3.41. The minimum Gasteiger partial charge on any atom is -0.497 e. The summed E-state index contributed by atoms with van der Waals surface area (Å²) in [5, 5.41) is -0.471. The van der Waals surface area contributed by atoms with Crippen molar-refractivity contribution in [1.82, 2.24) is 0 Å². The highest BCUT2D eigenvalue weighted by Crippen LogP contribution is 2.37. The van der Waals surface area contributed by atoms with Gasteiger partial charge in [0.1, 0.15) is 11.3 Å². The number of carbonyl (C=O) groups is 2. The van der Waals surface area contributed by atoms with Crippen LogP contribution < -0.4 is 10.4 Å². The third kappa shape index (κ3) is 5.37. The smallest absolute Gasteiger partial charge is 0.418 e. The molecule has 0 bridgehead atoms. The first-order chi connectivity index (χ1) is 13.7. The Morgan fingerprint density at radius 2 is 1.83 bits per heavy atom. The van der Waals surface area contributed by atoms with Gasteiger partial charge in [-0.15, -0.1) is 0 Å². The lowest BCUT2D eigenvalue weighted by molar-refractivity contribution is -0.138. The van der Waals surface area contributed by atoms with E-state index in [2.05, 4.69) is 6.58 Å². The van der Waals surface area contributed by atoms with E-state index >= 15 is 0 Å². The minimum atomic E-state index is -5.00. The van der Waals surface area contributed by atoms with Crippen LogP contribution in [0.2, 0.25) is 0 Å². The minimum absolute atomic E-state index is 0.0240. The van der Waals surface area contributed by atoms with E-state index in [0.29, 0.717) is 6.42 Å². The molecule has 7 nitrogen and oxygen atoms in total. The molecular formula is C19H17F3O7. The van der Waals surface area contributed by atoms with Crippen molar-refractivity contribution in [3.05, 3.63) is 52.4 Å². The average molecular weight is 414 g/mol. The Labute approximate surface area is 162 Å². The summed E-state index contributed by atoms with van der Waals surface area (Å²) in [6.07, 6.45) is -3.53. The molecule has 10 heteroatoms. The van der Waals surface area contributed by atoms with Gasteiger partial charge in [-0.1, -0.05) is 6.58 Å². The van der Waals surface area contributed by atoms with Gasteiger partial charge in [0.05, 0.1) is 25.9 Å². The van der Waals surface area contributed by atoms with Crippen LogP contribution in [0, 0.1) is 0 Å². The fourth-order valence-corrected chi connectivity index (χ4v) is 2.46. The Morgan fingerprint density at radius 3 is 2.41 bits per heavy atom. The first-order valence-corrected chi connectivity index (χ1v) is 8.37. The Bertz CT molecular complexity index is 976. The van der Waals surface area contributed by atoms with Crippen LogP contribution in [0.5, 0.6) is 5.75 Å². The fraction of sp³-hybridized carbons (Fsp3) is 0.316. The first-order valence-electron chi connectivity index (χ1n) is 8.37. The van der Waals surface area contributed by atoms with Crippen LogP contribution in [0.25, 0.3) is 11.0 Å². The van der Waals surface area contributed by atoms with Crippen LogP contribution in [0.1, 0.15) is 28.8 Å². The maximum atomic E-state index is 13.6. The van der Waals surface area contributed by atoms with Crippen LogP contribution in [-0.2, 0) is 20.4 Å². The number of esters is 2. The van der Waals surface area contributed by atoms with Crippen molar-refractivity contribution in [2.45, 2.75) is 19.0 Å². The maximum Gasteiger partial charge on any atom is 0.418 e. The summed E-state index contributed by atoms with van der Waals surface area (Å²) < 4.78 is 60.1. The normalized spacial score (nSPS) is 11.2. The lowest BCUT2D eigenvalue weighted by Gasteiger charge is -2.14. The molecular weight excluding hydrogens is 397 g/mol. The van der Waals surface area contributed by atoms with Crippen molar-refractivity contribution in [2.24, 2.45) is 0 Å². The number of ether oxygens (including phenoxy) is 3. The molecule has 2 aromatic rings. The van der Waals surface area contributed by atoms with Crippen molar-refractivity contribution in [2.75, 3.05) is 20.3 Å². The Balaban J connectivity index is 2.24. The molecule has 0 fully saturated rings. The predicted octanol–water partition coefficient (Wildman–Crippen LogP) is 3.49. The summed E-state index contributed by atoms with van der Waals surface area (Å²) >= 11 is 0. The van der Waals surface area contributed by atoms with Crippen LogP contribution in [0.4, 0.5) is 13.2 Å². The zero-order chi connectivity index (χ0) is 21.6. The highest BCUT2D eigenvalue weighted by molar-refractivity contribution is 5.96. The number of hydrogen-bond donors (Lipinski definition) is 0. The number of hydrogen-bond acceptors (Lipinski definition) is 7. The van der Waals surface area contributed by atoms with Crippen molar-refractivity contribution < 1.29 is 41.4 Å². The van der Waals surface area contributed by atoms with E-state index in [0.717, 1.165) is 18.2 Å². The number of benzene rings is 1. The zero-order valence-corrected chi connectivity index (χ0v) is 15.3. The molecule has 2 rings (SSSR count). The van der Waals surface area contributed by atoms with Crippen LogP contribution in [-0.4, -0.2) is 32.3 Å². The summed E-state index contributed by atoms with van der Waals surface area (Å²) in [7, 11) is 1.30. The fourth-order valence-electron chi connectivity index (χ4n) is 2.46. The predicted molar refractivity (Wildman–Crippen MR) is 94.7 cm³/mol. The maximum absolute atomic E-state index is 13.6. The van der Waals surface area contributed by atoms with Gasteiger partial charge in [0.25, 0.3) is 0 Å². The summed E-state index contributed by atoms with van der Waals surface area (Å²) in [5.41, 5.74) is -4.50. The molecule has 0 aliphatic heterocycles. The summed E-state index contributed by atoms with van der Waals surface area (Å²) in [6.45, 7) is 2.97. The molecule has 1 aromatic heterocycles. The van der Waals surface area contributed by atoms with Gasteiger partial charge in [-0.25, -0.2) is 14.4 Å². The Kier molecular flexibility index (Phi) is 7.03. The Hall–Kier alpha value is -3.30. The molecule has 0 radical (unpaired) electrons. The van der Waals surface area contributed by atoms with Gasteiger partial charge < -0.3 is 18.6 Å². The van der Waals surface area contributed by atoms with Crippen LogP contribution >= 0.6 is 0 Å². The SMILES string of the molecule is C=CC(=O)OCCCCOC(=O)c1c(C(F)(F)F)c2ccc(OC)cc2oc1=O. The molecule has 0 unspecified atom stereocenters. The Morgan fingerprint density at radius 1 is 1.17 bits per heavy atom. The van der Waals surface area contributed by atoms with Crippen molar-refractivity contribution in [1.29, 1.82) is 0 Å². The van der Waals surface area contributed by atoms with Gasteiger partial charge in [-0.05, 0) is 25.0 Å². The van der Waals surface area contributed by atoms with E-state index in [1.54, 1.807) is 0 Å². The molecule has 0 spiro atoms. The number of rotatable bonds is 8. The molecule has 0 aliphatic rings. The standard InChI is InChI=1S/C19H17F3O7/c1-3-14(23)27-8-4-5-9-28-17(24)15-16(19(20,21)22)12-7-6-11(26-2)10-13(12)29-18(15)25/h3,6-7,10H,1,4-5,8-9H2,2H3. The van der Waals surface area contributed by atoms with E-state index in [9.17, 15) is 27.6 Å². The highest BCUT2D eigenvalue weighted by atomic mass is 19.4.